The van der Waals surface area contributed by atoms with Crippen LogP contribution in [0.4, 0.5) is 0 Å². The van der Waals surface area contributed by atoms with E-state index in [1.54, 1.807) is 0 Å². The molecule has 1 rings (SSSR count). The Morgan fingerprint density at radius 1 is 0.395 bits per heavy atom. The first-order chi connectivity index (χ1) is 20.9. The molecule has 0 atom stereocenters. The fourth-order valence-electron chi connectivity index (χ4n) is 6.61. The first kappa shape index (κ1) is 42.5. The predicted molar refractivity (Wildman–Crippen MR) is 197 cm³/mol. The summed E-state index contributed by atoms with van der Waals surface area (Å²) in [6.07, 6.45) is 52.9. The van der Waals surface area contributed by atoms with Gasteiger partial charge in [-0.1, -0.05) is 213 Å². The Labute approximate surface area is 278 Å². The quantitative estimate of drug-likeness (QED) is 0.0688. The highest BCUT2D eigenvalue weighted by atomic mass is 35.5. The van der Waals surface area contributed by atoms with Crippen molar-refractivity contribution in [2.45, 2.75) is 239 Å². The maximum absolute atomic E-state index is 4.68. The number of rotatable bonds is 35. The van der Waals surface area contributed by atoms with Gasteiger partial charge in [0.2, 0.25) is 0 Å². The monoisotopic (exact) mass is 623 g/mol. The van der Waals surface area contributed by atoms with E-state index in [9.17, 15) is 0 Å². The van der Waals surface area contributed by atoms with Crippen LogP contribution in [-0.4, -0.2) is 9.55 Å². The number of aromatic nitrogens is 2. The highest BCUT2D eigenvalue weighted by molar-refractivity contribution is 5.85. The summed E-state index contributed by atoms with van der Waals surface area (Å²) in [4.78, 5) is 4.68. The molecule has 256 valence electrons. The molecule has 0 aliphatic heterocycles. The summed E-state index contributed by atoms with van der Waals surface area (Å²) in [5.41, 5.74) is 0. The molecule has 3 heteroatoms. The molecule has 0 unspecified atom stereocenters. The zero-order chi connectivity index (χ0) is 30.0. The van der Waals surface area contributed by atoms with E-state index in [2.05, 4.69) is 29.6 Å². The molecular weight excluding hydrogens is 544 g/mol. The Morgan fingerprint density at radius 2 is 0.674 bits per heavy atom. The van der Waals surface area contributed by atoms with Crippen molar-refractivity contribution in [3.63, 3.8) is 0 Å². The topological polar surface area (TPSA) is 17.8 Å². The van der Waals surface area contributed by atoms with E-state index in [1.165, 1.54) is 231 Å². The number of aryl methyl sites for hydroxylation is 2. The smallest absolute Gasteiger partial charge is 0.108 e. The largest absolute Gasteiger partial charge is 0.335 e. The minimum Gasteiger partial charge on any atom is -0.335 e. The van der Waals surface area contributed by atoms with Gasteiger partial charge in [-0.2, -0.15) is 0 Å². The van der Waals surface area contributed by atoms with Gasteiger partial charge in [0.1, 0.15) is 5.82 Å². The van der Waals surface area contributed by atoms with E-state index in [0.29, 0.717) is 0 Å². The van der Waals surface area contributed by atoms with E-state index >= 15 is 0 Å². The lowest BCUT2D eigenvalue weighted by Crippen LogP contribution is -2.03. The predicted octanol–water partition coefficient (Wildman–Crippen LogP) is 14.8. The van der Waals surface area contributed by atoms with Crippen molar-refractivity contribution in [3.8, 4) is 0 Å². The molecule has 1 aromatic rings. The molecule has 2 nitrogen and oxygen atoms in total. The first-order valence-electron chi connectivity index (χ1n) is 19.9. The third kappa shape index (κ3) is 29.9. The lowest BCUT2D eigenvalue weighted by molar-refractivity contribution is 0.513. The van der Waals surface area contributed by atoms with Crippen molar-refractivity contribution >= 4 is 12.4 Å². The number of hydrogen-bond donors (Lipinski definition) is 0. The molecule has 0 aliphatic carbocycles. The molecule has 0 saturated heterocycles. The second kappa shape index (κ2) is 36.0. The van der Waals surface area contributed by atoms with Crippen LogP contribution in [-0.2, 0) is 13.0 Å². The summed E-state index contributed by atoms with van der Waals surface area (Å²) in [5.74, 6) is 1.33. The third-order valence-electron chi connectivity index (χ3n) is 9.56. The van der Waals surface area contributed by atoms with Crippen molar-refractivity contribution in [3.05, 3.63) is 18.2 Å². The van der Waals surface area contributed by atoms with Crippen LogP contribution in [0.2, 0.25) is 0 Å². The lowest BCUT2D eigenvalue weighted by Gasteiger charge is -2.08. The van der Waals surface area contributed by atoms with Crippen LogP contribution in [0.3, 0.4) is 0 Å². The zero-order valence-corrected chi connectivity index (χ0v) is 30.5. The molecule has 0 bridgehead atoms. The molecule has 0 N–H and O–H groups in total. The van der Waals surface area contributed by atoms with E-state index in [-0.39, 0.29) is 12.4 Å². The van der Waals surface area contributed by atoms with Gasteiger partial charge in [0, 0.05) is 25.4 Å². The van der Waals surface area contributed by atoms with Crippen molar-refractivity contribution in [1.82, 2.24) is 9.55 Å². The molecule has 0 aromatic carbocycles. The van der Waals surface area contributed by atoms with Gasteiger partial charge in [-0.15, -0.1) is 12.4 Å². The van der Waals surface area contributed by atoms with E-state index in [1.807, 2.05) is 6.20 Å². The average molecular weight is 624 g/mol. The number of imidazole rings is 1. The number of unbranched alkanes of at least 4 members (excludes halogenated alkanes) is 31. The van der Waals surface area contributed by atoms with E-state index in [0.717, 1.165) is 0 Å². The summed E-state index contributed by atoms with van der Waals surface area (Å²) < 4.78 is 2.44. The highest BCUT2D eigenvalue weighted by Gasteiger charge is 2.03. The molecule has 0 radical (unpaired) electrons. The molecule has 0 spiro atoms. The van der Waals surface area contributed by atoms with Crippen molar-refractivity contribution in [2.24, 2.45) is 0 Å². The van der Waals surface area contributed by atoms with Gasteiger partial charge in [-0.05, 0) is 12.8 Å². The van der Waals surface area contributed by atoms with Crippen LogP contribution in [0.1, 0.15) is 232 Å². The van der Waals surface area contributed by atoms with Crippen LogP contribution in [0.25, 0.3) is 0 Å². The fourth-order valence-corrected chi connectivity index (χ4v) is 6.61. The van der Waals surface area contributed by atoms with Gasteiger partial charge < -0.3 is 4.57 Å². The maximum atomic E-state index is 4.68. The van der Waals surface area contributed by atoms with E-state index < -0.39 is 0 Å². The van der Waals surface area contributed by atoms with Crippen LogP contribution >= 0.6 is 12.4 Å². The molecule has 0 fully saturated rings. The Morgan fingerprint density at radius 3 is 1.00 bits per heavy atom. The van der Waals surface area contributed by atoms with Crippen molar-refractivity contribution < 1.29 is 0 Å². The average Bonchev–Trinajstić information content (AvgIpc) is 3.45. The second-order valence-electron chi connectivity index (χ2n) is 13.7. The van der Waals surface area contributed by atoms with Gasteiger partial charge in [0.25, 0.3) is 0 Å². The minimum absolute atomic E-state index is 0. The number of hydrogen-bond acceptors (Lipinski definition) is 1. The summed E-state index contributed by atoms with van der Waals surface area (Å²) in [5, 5.41) is 0. The second-order valence-corrected chi connectivity index (χ2v) is 13.7. The van der Waals surface area contributed by atoms with Gasteiger partial charge in [0.05, 0.1) is 0 Å². The van der Waals surface area contributed by atoms with Crippen LogP contribution in [0, 0.1) is 0 Å². The summed E-state index contributed by atoms with van der Waals surface area (Å²) in [7, 11) is 0. The van der Waals surface area contributed by atoms with Crippen LogP contribution < -0.4 is 0 Å². The minimum atomic E-state index is 0. The number of nitrogens with zero attached hydrogens (tertiary/aromatic N) is 2. The summed E-state index contributed by atoms with van der Waals surface area (Å²) >= 11 is 0. The van der Waals surface area contributed by atoms with Gasteiger partial charge in [-0.3, -0.25) is 0 Å². The molecule has 0 aliphatic rings. The summed E-state index contributed by atoms with van der Waals surface area (Å²) in [6.45, 7) is 5.78. The molecule has 1 aromatic heterocycles. The zero-order valence-electron chi connectivity index (χ0n) is 29.7. The summed E-state index contributed by atoms with van der Waals surface area (Å²) in [6, 6.07) is 0. The van der Waals surface area contributed by atoms with Gasteiger partial charge in [-0.25, -0.2) is 4.98 Å². The Balaban J connectivity index is 0.0000176. The first-order valence-corrected chi connectivity index (χ1v) is 19.9. The van der Waals surface area contributed by atoms with Crippen LogP contribution in [0.5, 0.6) is 0 Å². The molecule has 0 saturated carbocycles. The fraction of sp³-hybridized carbons (Fsp3) is 0.925. The number of halogens is 1. The highest BCUT2D eigenvalue weighted by Crippen LogP contribution is 2.16. The SMILES string of the molecule is CCCCCCCCCCCCCCCCCCCc1nccn1CCCCCCCCCCCCCCCCCC.Cl. The molecule has 0 amide bonds. The Hall–Kier alpha value is -0.500. The van der Waals surface area contributed by atoms with Crippen LogP contribution in [0.15, 0.2) is 12.4 Å². The van der Waals surface area contributed by atoms with Gasteiger partial charge in [0.15, 0.2) is 0 Å². The standard InChI is InChI=1S/C40H78N2.ClH/c1-3-5-7-9-11-13-15-17-19-21-22-24-26-28-30-32-34-36-40-41-37-39-42(40)38-35-33-31-29-27-25-23-20-18-16-14-12-10-8-6-4-2;/h37,39H,3-36,38H2,1-2H3;1H. The normalized spacial score (nSPS) is 11.3. The molecule has 1 heterocycles. The Kier molecular flexibility index (Phi) is 35.6. The lowest BCUT2D eigenvalue weighted by atomic mass is 10.0. The maximum Gasteiger partial charge on any atom is 0.108 e. The van der Waals surface area contributed by atoms with Crippen molar-refractivity contribution in [1.29, 1.82) is 0 Å². The van der Waals surface area contributed by atoms with Gasteiger partial charge >= 0.3 is 0 Å². The van der Waals surface area contributed by atoms with Crippen molar-refractivity contribution in [2.75, 3.05) is 0 Å². The molecule has 43 heavy (non-hydrogen) atoms. The third-order valence-corrected chi connectivity index (χ3v) is 9.56. The Bertz CT molecular complexity index is 628. The molecular formula is C40H79ClN2. The van der Waals surface area contributed by atoms with E-state index in [4.69, 9.17) is 0 Å².